The average molecular weight is 492 g/mol. The van der Waals surface area contributed by atoms with E-state index in [1.165, 1.54) is 12.8 Å². The van der Waals surface area contributed by atoms with Crippen molar-refractivity contribution in [2.75, 3.05) is 28.6 Å². The smallest absolute Gasteiger partial charge is 0.245 e. The zero-order valence-electron chi connectivity index (χ0n) is 19.3. The van der Waals surface area contributed by atoms with Crippen LogP contribution in [0, 0.1) is 12.8 Å². The Hall–Kier alpha value is -3.66. The maximum atomic E-state index is 13.1. The van der Waals surface area contributed by atoms with Gasteiger partial charge in [-0.25, -0.2) is 9.50 Å². The predicted octanol–water partition coefficient (Wildman–Crippen LogP) is 4.29. The second kappa shape index (κ2) is 8.84. The van der Waals surface area contributed by atoms with Crippen molar-refractivity contribution in [2.24, 2.45) is 5.92 Å². The molecule has 6 rings (SSSR count). The first-order chi connectivity index (χ1) is 17.0. The largest absolute Gasteiger partial charge is 0.339 e. The molecule has 4 aromatic heterocycles. The molecule has 11 heteroatoms. The van der Waals surface area contributed by atoms with Gasteiger partial charge in [0, 0.05) is 37.0 Å². The summed E-state index contributed by atoms with van der Waals surface area (Å²) in [6.45, 7) is 3.15. The molecule has 4 aromatic rings. The maximum absolute atomic E-state index is 13.1. The molecule has 35 heavy (non-hydrogen) atoms. The van der Waals surface area contributed by atoms with E-state index in [1.807, 2.05) is 35.8 Å². The van der Waals surface area contributed by atoms with Crippen molar-refractivity contribution >= 4 is 46.3 Å². The third-order valence-electron chi connectivity index (χ3n) is 6.63. The van der Waals surface area contributed by atoms with E-state index in [0.29, 0.717) is 40.8 Å². The van der Waals surface area contributed by atoms with Gasteiger partial charge in [-0.3, -0.25) is 9.89 Å². The maximum Gasteiger partial charge on any atom is 0.245 e. The summed E-state index contributed by atoms with van der Waals surface area (Å²) in [6, 6.07) is 9.42. The number of pyridine rings is 1. The second-order valence-electron chi connectivity index (χ2n) is 9.25. The fourth-order valence-corrected chi connectivity index (χ4v) is 4.73. The van der Waals surface area contributed by atoms with E-state index in [-0.39, 0.29) is 11.8 Å². The molecule has 3 N–H and O–H groups in total. The summed E-state index contributed by atoms with van der Waals surface area (Å²) in [5.74, 6) is 2.37. The number of aromatic amines is 1. The van der Waals surface area contributed by atoms with E-state index in [4.69, 9.17) is 21.7 Å². The van der Waals surface area contributed by atoms with Crippen molar-refractivity contribution in [1.82, 2.24) is 29.8 Å². The number of nitrogens with zero attached hydrogens (tertiary/aromatic N) is 6. The number of H-pyrrole nitrogens is 1. The van der Waals surface area contributed by atoms with Gasteiger partial charge in [0.15, 0.2) is 11.6 Å². The van der Waals surface area contributed by atoms with Gasteiger partial charge in [-0.15, -0.1) is 5.10 Å². The molecule has 1 aliphatic heterocycles. The van der Waals surface area contributed by atoms with E-state index in [0.717, 1.165) is 36.4 Å². The van der Waals surface area contributed by atoms with Crippen molar-refractivity contribution < 1.29 is 4.79 Å². The first-order valence-electron chi connectivity index (χ1n) is 11.9. The highest BCUT2D eigenvalue weighted by molar-refractivity contribution is 6.29. The lowest BCUT2D eigenvalue weighted by Crippen LogP contribution is -2.41. The van der Waals surface area contributed by atoms with Crippen molar-refractivity contribution in [3.8, 4) is 0 Å². The SMILES string of the molecule is Cc1nc(Cl)ccc1NC(=O)C1CCCN(c2nc(Nc3cc(C4CC4)[nH]n3)c3cccn3n2)C1. The molecule has 0 bridgehead atoms. The van der Waals surface area contributed by atoms with Gasteiger partial charge >= 0.3 is 0 Å². The highest BCUT2D eigenvalue weighted by Gasteiger charge is 2.29. The molecular weight excluding hydrogens is 466 g/mol. The van der Waals surface area contributed by atoms with Crippen LogP contribution in [-0.2, 0) is 4.79 Å². The molecule has 0 spiro atoms. The van der Waals surface area contributed by atoms with Crippen LogP contribution in [0.1, 0.15) is 43.0 Å². The Kier molecular flexibility index (Phi) is 5.52. The molecular formula is C24H26ClN9O. The number of piperidine rings is 1. The van der Waals surface area contributed by atoms with Gasteiger partial charge in [-0.2, -0.15) is 10.1 Å². The molecule has 1 aliphatic carbocycles. The molecule has 2 fully saturated rings. The minimum absolute atomic E-state index is 0.0357. The molecule has 0 aromatic carbocycles. The van der Waals surface area contributed by atoms with Gasteiger partial charge in [0.05, 0.1) is 17.3 Å². The summed E-state index contributed by atoms with van der Waals surface area (Å²) in [6.07, 6.45) is 5.99. The fourth-order valence-electron chi connectivity index (χ4n) is 4.54. The molecule has 5 heterocycles. The summed E-state index contributed by atoms with van der Waals surface area (Å²) in [5, 5.41) is 19.0. The van der Waals surface area contributed by atoms with E-state index in [9.17, 15) is 4.79 Å². The summed E-state index contributed by atoms with van der Waals surface area (Å²) < 4.78 is 1.81. The Morgan fingerprint density at radius 3 is 2.91 bits per heavy atom. The van der Waals surface area contributed by atoms with Crippen LogP contribution < -0.4 is 15.5 Å². The van der Waals surface area contributed by atoms with Gasteiger partial charge in [-0.1, -0.05) is 11.6 Å². The second-order valence-corrected chi connectivity index (χ2v) is 9.63. The highest BCUT2D eigenvalue weighted by Crippen LogP contribution is 2.39. The zero-order chi connectivity index (χ0) is 23.9. The molecule has 1 saturated carbocycles. The number of aryl methyl sites for hydroxylation is 1. The van der Waals surface area contributed by atoms with Gasteiger partial charge < -0.3 is 15.5 Å². The predicted molar refractivity (Wildman–Crippen MR) is 134 cm³/mol. The summed E-state index contributed by atoms with van der Waals surface area (Å²) in [5.41, 5.74) is 3.39. The van der Waals surface area contributed by atoms with Crippen LogP contribution in [0.25, 0.3) is 5.52 Å². The number of halogens is 1. The Labute approximate surface area is 207 Å². The Balaban J connectivity index is 1.21. The van der Waals surface area contributed by atoms with E-state index in [1.54, 1.807) is 12.1 Å². The number of rotatable bonds is 6. The van der Waals surface area contributed by atoms with Crippen LogP contribution in [0.15, 0.2) is 36.5 Å². The molecule has 1 amide bonds. The quantitative estimate of drug-likeness (QED) is 0.344. The Morgan fingerprint density at radius 2 is 2.09 bits per heavy atom. The van der Waals surface area contributed by atoms with E-state index < -0.39 is 0 Å². The van der Waals surface area contributed by atoms with Gasteiger partial charge in [0.1, 0.15) is 10.7 Å². The average Bonchev–Trinajstić information content (AvgIpc) is 3.40. The van der Waals surface area contributed by atoms with Crippen LogP contribution in [0.2, 0.25) is 5.15 Å². The lowest BCUT2D eigenvalue weighted by Gasteiger charge is -2.32. The number of amides is 1. The number of nitrogens with one attached hydrogen (secondary N) is 3. The molecule has 1 unspecified atom stereocenters. The standard InChI is InChI=1S/C24H26ClN9O/c1-14-17(8-9-20(25)26-14)27-23(35)16-4-2-10-33(13-16)24-29-22(19-5-3-11-34(19)32-24)28-21-12-18(30-31-21)15-6-7-15/h3,5,8-9,11-12,15-16H,2,4,6-7,10,13H2,1H3,(H,27,35)(H2,28,29,30,31,32). The number of carbonyl (C=O) groups excluding carboxylic acids is 1. The topological polar surface area (TPSA) is 116 Å². The first-order valence-corrected chi connectivity index (χ1v) is 12.3. The molecule has 0 radical (unpaired) electrons. The number of carbonyl (C=O) groups is 1. The third kappa shape index (κ3) is 4.53. The summed E-state index contributed by atoms with van der Waals surface area (Å²) in [4.78, 5) is 24.2. The first kappa shape index (κ1) is 21.8. The van der Waals surface area contributed by atoms with Crippen molar-refractivity contribution in [3.63, 3.8) is 0 Å². The van der Waals surface area contributed by atoms with Crippen molar-refractivity contribution in [3.05, 3.63) is 53.1 Å². The van der Waals surface area contributed by atoms with Gasteiger partial charge in [0.25, 0.3) is 0 Å². The normalized spacial score (nSPS) is 18.1. The number of fused-ring (bicyclic) bond motifs is 1. The van der Waals surface area contributed by atoms with Crippen LogP contribution >= 0.6 is 11.6 Å². The fraction of sp³-hybridized carbons (Fsp3) is 0.375. The van der Waals surface area contributed by atoms with Gasteiger partial charge in [-0.05, 0) is 56.9 Å². The Bertz CT molecular complexity index is 1390. The number of anilines is 4. The van der Waals surface area contributed by atoms with Crippen LogP contribution in [0.4, 0.5) is 23.3 Å². The minimum Gasteiger partial charge on any atom is -0.339 e. The van der Waals surface area contributed by atoms with Crippen molar-refractivity contribution in [2.45, 2.75) is 38.5 Å². The zero-order valence-corrected chi connectivity index (χ0v) is 20.1. The van der Waals surface area contributed by atoms with Crippen LogP contribution in [0.3, 0.4) is 0 Å². The minimum atomic E-state index is -0.188. The van der Waals surface area contributed by atoms with Crippen LogP contribution in [0.5, 0.6) is 0 Å². The lowest BCUT2D eigenvalue weighted by atomic mass is 9.97. The van der Waals surface area contributed by atoms with E-state index in [2.05, 4.69) is 30.7 Å². The van der Waals surface area contributed by atoms with E-state index >= 15 is 0 Å². The number of aromatic nitrogens is 6. The molecule has 180 valence electrons. The van der Waals surface area contributed by atoms with Crippen LogP contribution in [-0.4, -0.2) is 48.8 Å². The molecule has 10 nitrogen and oxygen atoms in total. The summed E-state index contributed by atoms with van der Waals surface area (Å²) in [7, 11) is 0. The Morgan fingerprint density at radius 1 is 1.20 bits per heavy atom. The lowest BCUT2D eigenvalue weighted by molar-refractivity contribution is -0.120. The molecule has 1 atom stereocenters. The highest BCUT2D eigenvalue weighted by atomic mass is 35.5. The third-order valence-corrected chi connectivity index (χ3v) is 6.84. The molecule has 1 saturated heterocycles. The monoisotopic (exact) mass is 491 g/mol. The summed E-state index contributed by atoms with van der Waals surface area (Å²) >= 11 is 5.95. The number of hydrogen-bond donors (Lipinski definition) is 3. The molecule has 2 aliphatic rings. The van der Waals surface area contributed by atoms with Gasteiger partial charge in [0.2, 0.25) is 11.9 Å². The number of hydrogen-bond acceptors (Lipinski definition) is 7. The van der Waals surface area contributed by atoms with Crippen molar-refractivity contribution in [1.29, 1.82) is 0 Å².